The van der Waals surface area contributed by atoms with E-state index in [1.165, 1.54) is 36.4 Å². The van der Waals surface area contributed by atoms with E-state index in [0.29, 0.717) is 5.56 Å². The minimum absolute atomic E-state index is 0.229. The summed E-state index contributed by atoms with van der Waals surface area (Å²) in [6, 6.07) is 12.2. The number of nitriles is 1. The Morgan fingerprint density at radius 1 is 1.29 bits per heavy atom. The van der Waals surface area contributed by atoms with Crippen LogP contribution in [0.25, 0.3) is 6.08 Å². The molecule has 0 saturated carbocycles. The Balaban J connectivity index is 2.29. The second-order valence-electron chi connectivity index (χ2n) is 4.10. The molecular formula is C16H10FNO3. The van der Waals surface area contributed by atoms with Gasteiger partial charge in [0.2, 0.25) is 0 Å². The van der Waals surface area contributed by atoms with Crippen LogP contribution in [-0.4, -0.2) is 11.1 Å². The molecule has 2 rings (SSSR count). The van der Waals surface area contributed by atoms with E-state index in [0.717, 1.165) is 6.08 Å². The summed E-state index contributed by atoms with van der Waals surface area (Å²) in [5.74, 6) is -0.962. The van der Waals surface area contributed by atoms with Crippen LogP contribution in [0.1, 0.15) is 11.1 Å². The van der Waals surface area contributed by atoms with E-state index < -0.39 is 11.8 Å². The second-order valence-corrected chi connectivity index (χ2v) is 4.10. The highest BCUT2D eigenvalue weighted by Crippen LogP contribution is 2.26. The van der Waals surface area contributed by atoms with Crippen LogP contribution in [0.15, 0.2) is 48.5 Å². The van der Waals surface area contributed by atoms with Crippen molar-refractivity contribution in [3.8, 4) is 17.6 Å². The Morgan fingerprint density at radius 3 is 2.76 bits per heavy atom. The molecule has 2 aromatic rings. The largest absolute Gasteiger partial charge is 0.478 e. The lowest BCUT2D eigenvalue weighted by atomic mass is 10.1. The molecule has 4 nitrogen and oxygen atoms in total. The molecule has 1 N–H and O–H groups in total. The van der Waals surface area contributed by atoms with E-state index in [1.807, 2.05) is 6.07 Å². The highest BCUT2D eigenvalue weighted by atomic mass is 19.1. The maximum absolute atomic E-state index is 13.1. The second kappa shape index (κ2) is 6.35. The van der Waals surface area contributed by atoms with Crippen LogP contribution < -0.4 is 4.74 Å². The van der Waals surface area contributed by atoms with Gasteiger partial charge in [-0.1, -0.05) is 12.1 Å². The first-order chi connectivity index (χ1) is 10.1. The minimum atomic E-state index is -1.08. The van der Waals surface area contributed by atoms with E-state index in [4.69, 9.17) is 15.1 Å². The fourth-order valence-electron chi connectivity index (χ4n) is 1.65. The van der Waals surface area contributed by atoms with Crippen molar-refractivity contribution in [2.24, 2.45) is 0 Å². The highest BCUT2D eigenvalue weighted by molar-refractivity contribution is 5.85. The van der Waals surface area contributed by atoms with Gasteiger partial charge in [-0.25, -0.2) is 9.18 Å². The highest BCUT2D eigenvalue weighted by Gasteiger charge is 2.06. The molecule has 0 aliphatic carbocycles. The Bertz CT molecular complexity index is 747. The molecule has 5 heteroatoms. The summed E-state index contributed by atoms with van der Waals surface area (Å²) in [4.78, 5) is 10.5. The summed E-state index contributed by atoms with van der Waals surface area (Å²) in [6.45, 7) is 0. The molecule has 0 atom stereocenters. The van der Waals surface area contributed by atoms with Gasteiger partial charge in [0, 0.05) is 12.1 Å². The number of hydrogen-bond donors (Lipinski definition) is 1. The Hall–Kier alpha value is -3.13. The number of rotatable bonds is 4. The van der Waals surface area contributed by atoms with Crippen LogP contribution in [0.3, 0.4) is 0 Å². The first-order valence-corrected chi connectivity index (χ1v) is 5.97. The van der Waals surface area contributed by atoms with Gasteiger partial charge < -0.3 is 9.84 Å². The van der Waals surface area contributed by atoms with E-state index >= 15 is 0 Å². The molecular weight excluding hydrogens is 273 g/mol. The fraction of sp³-hybridized carbons (Fsp3) is 0. The quantitative estimate of drug-likeness (QED) is 0.870. The molecule has 0 unspecified atom stereocenters. The third-order valence-electron chi connectivity index (χ3n) is 2.57. The van der Waals surface area contributed by atoms with E-state index in [2.05, 4.69) is 0 Å². The van der Waals surface area contributed by atoms with Crippen LogP contribution in [0.2, 0.25) is 0 Å². The SMILES string of the molecule is N#Cc1cc(/C=C/C(=O)O)ccc1Oc1cccc(F)c1. The third kappa shape index (κ3) is 3.91. The molecule has 104 valence electrons. The number of hydrogen-bond acceptors (Lipinski definition) is 3. The van der Waals surface area contributed by atoms with Gasteiger partial charge in [-0.2, -0.15) is 5.26 Å². The molecule has 0 spiro atoms. The molecule has 0 bridgehead atoms. The molecule has 0 aliphatic heterocycles. The average molecular weight is 283 g/mol. The Labute approximate surface area is 120 Å². The van der Waals surface area contributed by atoms with Crippen LogP contribution in [0, 0.1) is 17.1 Å². The van der Waals surface area contributed by atoms with Crippen molar-refractivity contribution >= 4 is 12.0 Å². The number of ether oxygens (including phenoxy) is 1. The normalized spacial score (nSPS) is 10.3. The zero-order valence-electron chi connectivity index (χ0n) is 10.8. The summed E-state index contributed by atoms with van der Waals surface area (Å²) in [5, 5.41) is 17.7. The molecule has 0 saturated heterocycles. The van der Waals surface area contributed by atoms with Gasteiger partial charge in [0.05, 0.1) is 5.56 Å². The topological polar surface area (TPSA) is 70.3 Å². The standard InChI is InChI=1S/C16H10FNO3/c17-13-2-1-3-14(9-13)21-15-6-4-11(5-7-16(19)20)8-12(15)10-18/h1-9H,(H,19,20)/b7-5+. The van der Waals surface area contributed by atoms with E-state index in [9.17, 15) is 9.18 Å². The smallest absolute Gasteiger partial charge is 0.328 e. The maximum Gasteiger partial charge on any atom is 0.328 e. The van der Waals surface area contributed by atoms with E-state index in [1.54, 1.807) is 12.1 Å². The molecule has 0 fully saturated rings. The van der Waals surface area contributed by atoms with Gasteiger partial charge in [-0.15, -0.1) is 0 Å². The number of benzene rings is 2. The van der Waals surface area contributed by atoms with Crippen LogP contribution in [0.5, 0.6) is 11.5 Å². The number of carboxylic acid groups (broad SMARTS) is 1. The molecule has 0 radical (unpaired) electrons. The summed E-state index contributed by atoms with van der Waals surface area (Å²) < 4.78 is 18.5. The summed E-state index contributed by atoms with van der Waals surface area (Å²) in [7, 11) is 0. The minimum Gasteiger partial charge on any atom is -0.478 e. The van der Waals surface area contributed by atoms with Gasteiger partial charge in [0.25, 0.3) is 0 Å². The predicted octanol–water partition coefficient (Wildman–Crippen LogP) is 3.59. The van der Waals surface area contributed by atoms with Gasteiger partial charge in [-0.3, -0.25) is 0 Å². The average Bonchev–Trinajstić information content (AvgIpc) is 2.46. The molecule has 2 aromatic carbocycles. The zero-order chi connectivity index (χ0) is 15.2. The van der Waals surface area contributed by atoms with Crippen LogP contribution in [0.4, 0.5) is 4.39 Å². The Kier molecular flexibility index (Phi) is 4.32. The maximum atomic E-state index is 13.1. The molecule has 0 heterocycles. The van der Waals surface area contributed by atoms with Crippen molar-refractivity contribution in [2.75, 3.05) is 0 Å². The summed E-state index contributed by atoms with van der Waals surface area (Å²) in [5.41, 5.74) is 0.785. The fourth-order valence-corrected chi connectivity index (χ4v) is 1.65. The lowest BCUT2D eigenvalue weighted by Gasteiger charge is -2.08. The first kappa shape index (κ1) is 14.3. The van der Waals surface area contributed by atoms with Crippen molar-refractivity contribution in [3.63, 3.8) is 0 Å². The van der Waals surface area contributed by atoms with Gasteiger partial charge >= 0.3 is 5.97 Å². The van der Waals surface area contributed by atoms with Crippen LogP contribution in [-0.2, 0) is 4.79 Å². The molecule has 0 aliphatic rings. The number of nitrogens with zero attached hydrogens (tertiary/aromatic N) is 1. The van der Waals surface area contributed by atoms with Crippen molar-refractivity contribution in [1.29, 1.82) is 5.26 Å². The summed E-state index contributed by atoms with van der Waals surface area (Å²) in [6.07, 6.45) is 2.35. The number of carbonyl (C=O) groups is 1. The molecule has 0 amide bonds. The zero-order valence-corrected chi connectivity index (χ0v) is 10.8. The lowest BCUT2D eigenvalue weighted by molar-refractivity contribution is -0.131. The van der Waals surface area contributed by atoms with Crippen molar-refractivity contribution in [3.05, 3.63) is 65.5 Å². The van der Waals surface area contributed by atoms with Gasteiger partial charge in [0.1, 0.15) is 23.4 Å². The molecule has 0 aromatic heterocycles. The van der Waals surface area contributed by atoms with Gasteiger partial charge in [-0.05, 0) is 35.9 Å². The number of carboxylic acids is 1. The monoisotopic (exact) mass is 283 g/mol. The first-order valence-electron chi connectivity index (χ1n) is 5.97. The Morgan fingerprint density at radius 2 is 2.10 bits per heavy atom. The lowest BCUT2D eigenvalue weighted by Crippen LogP contribution is -1.90. The van der Waals surface area contributed by atoms with Crippen molar-refractivity contribution in [2.45, 2.75) is 0 Å². The molecule has 21 heavy (non-hydrogen) atoms. The summed E-state index contributed by atoms with van der Waals surface area (Å²) >= 11 is 0. The number of aliphatic carboxylic acids is 1. The number of halogens is 1. The van der Waals surface area contributed by atoms with Crippen molar-refractivity contribution < 1.29 is 19.0 Å². The van der Waals surface area contributed by atoms with E-state index in [-0.39, 0.29) is 17.1 Å². The predicted molar refractivity (Wildman–Crippen MR) is 74.3 cm³/mol. The van der Waals surface area contributed by atoms with Gasteiger partial charge in [0.15, 0.2) is 0 Å². The van der Waals surface area contributed by atoms with Crippen LogP contribution >= 0.6 is 0 Å². The third-order valence-corrected chi connectivity index (χ3v) is 2.57. The van der Waals surface area contributed by atoms with Crippen molar-refractivity contribution in [1.82, 2.24) is 0 Å².